The Balaban J connectivity index is 0.00000180. The Labute approximate surface area is 133 Å². The Morgan fingerprint density at radius 1 is 1.47 bits per heavy atom. The van der Waals surface area contributed by atoms with Crippen LogP contribution in [0.2, 0.25) is 8.67 Å². The van der Waals surface area contributed by atoms with Crippen molar-refractivity contribution >= 4 is 57.0 Å². The third-order valence-electron chi connectivity index (χ3n) is 3.04. The van der Waals surface area contributed by atoms with E-state index in [1.807, 2.05) is 7.05 Å². The summed E-state index contributed by atoms with van der Waals surface area (Å²) >= 11 is 12.8. The minimum Gasteiger partial charge on any atom is -0.316 e. The first kappa shape index (κ1) is 17.5. The zero-order valence-electron chi connectivity index (χ0n) is 10.2. The first-order chi connectivity index (χ1) is 8.45. The lowest BCUT2D eigenvalue weighted by Crippen LogP contribution is -2.46. The van der Waals surface area contributed by atoms with Crippen LogP contribution in [-0.4, -0.2) is 38.9 Å². The number of halogens is 3. The Morgan fingerprint density at radius 2 is 2.16 bits per heavy atom. The number of nitrogens with one attached hydrogen (secondary N) is 1. The summed E-state index contributed by atoms with van der Waals surface area (Å²) in [7, 11) is -1.69. The molecule has 0 spiro atoms. The molecular weight excluding hydrogens is 351 g/mol. The fourth-order valence-corrected chi connectivity index (χ4v) is 5.67. The first-order valence-electron chi connectivity index (χ1n) is 5.57. The molecule has 1 N–H and O–H groups in total. The SMILES string of the molecule is CNC1CCCN(S(=O)(=O)c2cc(Cl)sc2Cl)C1.Cl. The van der Waals surface area contributed by atoms with Crippen molar-refractivity contribution in [3.8, 4) is 0 Å². The minimum absolute atomic E-state index is 0. The molecule has 0 saturated carbocycles. The molecule has 1 aromatic rings. The van der Waals surface area contributed by atoms with E-state index in [0.717, 1.165) is 24.2 Å². The van der Waals surface area contributed by atoms with Crippen molar-refractivity contribution in [2.45, 2.75) is 23.8 Å². The summed E-state index contributed by atoms with van der Waals surface area (Å²) in [6.07, 6.45) is 1.83. The van der Waals surface area contributed by atoms with E-state index in [9.17, 15) is 8.42 Å². The summed E-state index contributed by atoms with van der Waals surface area (Å²) < 4.78 is 27.0. The number of likely N-dealkylation sites (N-methyl/N-ethyl adjacent to an activating group) is 1. The average molecular weight is 366 g/mol. The second-order valence-corrected chi connectivity index (χ2v) is 8.37. The molecule has 1 atom stereocenters. The van der Waals surface area contributed by atoms with E-state index in [1.54, 1.807) is 0 Å². The molecule has 1 fully saturated rings. The molecule has 9 heteroatoms. The van der Waals surface area contributed by atoms with Gasteiger partial charge in [-0.3, -0.25) is 0 Å². The molecule has 1 unspecified atom stereocenters. The van der Waals surface area contributed by atoms with Gasteiger partial charge in [0, 0.05) is 19.1 Å². The maximum Gasteiger partial charge on any atom is 0.245 e. The maximum absolute atomic E-state index is 12.4. The van der Waals surface area contributed by atoms with Crippen molar-refractivity contribution in [1.29, 1.82) is 0 Å². The monoisotopic (exact) mass is 364 g/mol. The van der Waals surface area contributed by atoms with Gasteiger partial charge >= 0.3 is 0 Å². The number of hydrogen-bond donors (Lipinski definition) is 1. The summed E-state index contributed by atoms with van der Waals surface area (Å²) in [5.74, 6) is 0. The van der Waals surface area contributed by atoms with Crippen LogP contribution in [0.25, 0.3) is 0 Å². The summed E-state index contributed by atoms with van der Waals surface area (Å²) in [5.41, 5.74) is 0. The lowest BCUT2D eigenvalue weighted by Gasteiger charge is -2.31. The summed E-state index contributed by atoms with van der Waals surface area (Å²) in [6, 6.07) is 1.62. The highest BCUT2D eigenvalue weighted by Gasteiger charge is 2.32. The molecule has 0 aromatic carbocycles. The van der Waals surface area contributed by atoms with Gasteiger partial charge in [0.1, 0.15) is 9.23 Å². The van der Waals surface area contributed by atoms with Crippen molar-refractivity contribution in [1.82, 2.24) is 9.62 Å². The van der Waals surface area contributed by atoms with Crippen molar-refractivity contribution in [2.75, 3.05) is 20.1 Å². The normalized spacial score (nSPS) is 21.1. The van der Waals surface area contributed by atoms with Crippen LogP contribution in [0.4, 0.5) is 0 Å². The van der Waals surface area contributed by atoms with E-state index >= 15 is 0 Å². The highest BCUT2D eigenvalue weighted by molar-refractivity contribution is 7.89. The Morgan fingerprint density at radius 3 is 2.68 bits per heavy atom. The molecule has 19 heavy (non-hydrogen) atoms. The van der Waals surface area contributed by atoms with E-state index in [1.165, 1.54) is 10.4 Å². The quantitative estimate of drug-likeness (QED) is 0.896. The van der Waals surface area contributed by atoms with Gasteiger partial charge in [0.2, 0.25) is 10.0 Å². The molecule has 1 saturated heterocycles. The molecule has 4 nitrogen and oxygen atoms in total. The number of hydrogen-bond acceptors (Lipinski definition) is 4. The Bertz CT molecular complexity index is 533. The van der Waals surface area contributed by atoms with Crippen LogP contribution in [0.5, 0.6) is 0 Å². The van der Waals surface area contributed by atoms with E-state index < -0.39 is 10.0 Å². The number of nitrogens with zero attached hydrogens (tertiary/aromatic N) is 1. The molecule has 0 radical (unpaired) electrons. The number of thiophene rings is 1. The smallest absolute Gasteiger partial charge is 0.245 e. The Hall–Kier alpha value is 0.440. The van der Waals surface area contributed by atoms with Gasteiger partial charge in [0.25, 0.3) is 0 Å². The molecule has 1 aromatic heterocycles. The topological polar surface area (TPSA) is 49.4 Å². The van der Waals surface area contributed by atoms with Crippen molar-refractivity contribution < 1.29 is 8.42 Å². The van der Waals surface area contributed by atoms with Crippen LogP contribution in [-0.2, 0) is 10.0 Å². The van der Waals surface area contributed by atoms with Crippen LogP contribution >= 0.6 is 46.9 Å². The van der Waals surface area contributed by atoms with Crippen LogP contribution in [0.15, 0.2) is 11.0 Å². The van der Waals surface area contributed by atoms with Crippen LogP contribution in [0.3, 0.4) is 0 Å². The second-order valence-electron chi connectivity index (χ2n) is 4.18. The van der Waals surface area contributed by atoms with Gasteiger partial charge in [0.15, 0.2) is 0 Å². The lowest BCUT2D eigenvalue weighted by atomic mass is 10.1. The van der Waals surface area contributed by atoms with Crippen LogP contribution in [0.1, 0.15) is 12.8 Å². The number of piperidine rings is 1. The molecule has 1 aliphatic rings. The standard InChI is InChI=1S/C10H14Cl2N2O2S2.ClH/c1-13-7-3-2-4-14(6-7)18(15,16)8-5-9(11)17-10(8)12;/h5,7,13H,2-4,6H2,1H3;1H. The second kappa shape index (κ2) is 6.93. The van der Waals surface area contributed by atoms with E-state index in [4.69, 9.17) is 23.2 Å². The largest absolute Gasteiger partial charge is 0.316 e. The predicted octanol–water partition coefficient (Wildman–Crippen LogP) is 2.85. The van der Waals surface area contributed by atoms with Crippen molar-refractivity contribution in [2.24, 2.45) is 0 Å². The summed E-state index contributed by atoms with van der Waals surface area (Å²) in [4.78, 5) is 0.121. The molecule has 0 amide bonds. The van der Waals surface area contributed by atoms with Crippen molar-refractivity contribution in [3.05, 3.63) is 14.7 Å². The highest BCUT2D eigenvalue weighted by Crippen LogP contribution is 2.36. The zero-order chi connectivity index (χ0) is 13.3. The van der Waals surface area contributed by atoms with Gasteiger partial charge in [0.05, 0.1) is 4.34 Å². The van der Waals surface area contributed by atoms with Gasteiger partial charge in [-0.2, -0.15) is 4.31 Å². The van der Waals surface area contributed by atoms with Gasteiger partial charge in [-0.25, -0.2) is 8.42 Å². The summed E-state index contributed by atoms with van der Waals surface area (Å²) in [6.45, 7) is 1.01. The fourth-order valence-electron chi connectivity index (χ4n) is 2.04. The zero-order valence-corrected chi connectivity index (χ0v) is 14.2. The molecule has 110 valence electrons. The van der Waals surface area contributed by atoms with Crippen molar-refractivity contribution in [3.63, 3.8) is 0 Å². The third-order valence-corrected chi connectivity index (χ3v) is 6.65. The van der Waals surface area contributed by atoms with Gasteiger partial charge in [-0.15, -0.1) is 23.7 Å². The first-order valence-corrected chi connectivity index (χ1v) is 8.58. The Kier molecular flexibility index (Phi) is 6.38. The molecule has 2 heterocycles. The van der Waals surface area contributed by atoms with E-state index in [-0.39, 0.29) is 27.7 Å². The lowest BCUT2D eigenvalue weighted by molar-refractivity contribution is 0.293. The van der Waals surface area contributed by atoms with Gasteiger partial charge < -0.3 is 5.32 Å². The predicted molar refractivity (Wildman–Crippen MR) is 82.4 cm³/mol. The van der Waals surface area contributed by atoms with Gasteiger partial charge in [-0.1, -0.05) is 23.2 Å². The average Bonchev–Trinajstić information content (AvgIpc) is 2.69. The number of sulfonamides is 1. The molecular formula is C10H15Cl3N2O2S2. The molecule has 0 bridgehead atoms. The minimum atomic E-state index is -3.53. The van der Waals surface area contributed by atoms with E-state index in [2.05, 4.69) is 5.32 Å². The van der Waals surface area contributed by atoms with Crippen LogP contribution < -0.4 is 5.32 Å². The molecule has 2 rings (SSSR count). The number of rotatable bonds is 3. The summed E-state index contributed by atoms with van der Waals surface area (Å²) in [5, 5.41) is 3.11. The highest BCUT2D eigenvalue weighted by atomic mass is 35.5. The molecule has 0 aliphatic carbocycles. The maximum atomic E-state index is 12.4. The third kappa shape index (κ3) is 3.75. The van der Waals surface area contributed by atoms with E-state index in [0.29, 0.717) is 17.4 Å². The fraction of sp³-hybridized carbons (Fsp3) is 0.600. The van der Waals surface area contributed by atoms with Crippen LogP contribution in [0, 0.1) is 0 Å². The molecule has 1 aliphatic heterocycles. The van der Waals surface area contributed by atoms with Gasteiger partial charge in [-0.05, 0) is 26.0 Å².